The normalized spacial score (nSPS) is 19.8. The van der Waals surface area contributed by atoms with Crippen molar-refractivity contribution in [3.8, 4) is 11.5 Å². The Morgan fingerprint density at radius 1 is 1.14 bits per heavy atom. The summed E-state index contributed by atoms with van der Waals surface area (Å²) in [6, 6.07) is 6.85. The molecular weight excluding hydrogens is 262 g/mol. The smallest absolute Gasteiger partial charge is 0.231 e. The Morgan fingerprint density at radius 3 is 2.62 bits per heavy atom. The van der Waals surface area contributed by atoms with Crippen molar-refractivity contribution in [2.75, 3.05) is 13.3 Å². The first-order chi connectivity index (χ1) is 10.1. The van der Waals surface area contributed by atoms with Gasteiger partial charge in [-0.2, -0.15) is 0 Å². The quantitative estimate of drug-likeness (QED) is 0.829. The number of aryl methyl sites for hydroxylation is 1. The summed E-state index contributed by atoms with van der Waals surface area (Å²) in [5.41, 5.74) is 1.92. The van der Waals surface area contributed by atoms with Gasteiger partial charge < -0.3 is 14.8 Å². The van der Waals surface area contributed by atoms with E-state index in [-0.39, 0.29) is 0 Å². The van der Waals surface area contributed by atoms with Gasteiger partial charge in [-0.15, -0.1) is 0 Å². The molecule has 1 fully saturated rings. The molecule has 1 aliphatic heterocycles. The second kappa shape index (κ2) is 5.88. The van der Waals surface area contributed by atoms with Crippen molar-refractivity contribution in [2.45, 2.75) is 52.5 Å². The predicted octanol–water partition coefficient (Wildman–Crippen LogP) is 3.76. The molecule has 1 aromatic rings. The minimum Gasteiger partial charge on any atom is -0.454 e. The van der Waals surface area contributed by atoms with E-state index in [0.29, 0.717) is 18.2 Å². The van der Waals surface area contributed by atoms with Crippen LogP contribution >= 0.6 is 0 Å². The van der Waals surface area contributed by atoms with Crippen LogP contribution in [-0.2, 0) is 6.42 Å². The van der Waals surface area contributed by atoms with Crippen LogP contribution in [0.1, 0.15) is 45.6 Å². The maximum atomic E-state index is 5.43. The third-order valence-electron chi connectivity index (χ3n) is 5.22. The molecule has 1 aliphatic carbocycles. The van der Waals surface area contributed by atoms with Crippen molar-refractivity contribution in [3.05, 3.63) is 23.8 Å². The molecule has 1 aromatic carbocycles. The zero-order valence-electron chi connectivity index (χ0n) is 13.4. The van der Waals surface area contributed by atoms with Crippen LogP contribution in [0, 0.1) is 11.3 Å². The molecular formula is C18H27NO2. The highest BCUT2D eigenvalue weighted by atomic mass is 16.7. The van der Waals surface area contributed by atoms with E-state index in [0.717, 1.165) is 30.3 Å². The van der Waals surface area contributed by atoms with Crippen LogP contribution in [0.15, 0.2) is 18.2 Å². The summed E-state index contributed by atoms with van der Waals surface area (Å²) in [6.45, 7) is 8.53. The van der Waals surface area contributed by atoms with Crippen LogP contribution in [0.5, 0.6) is 11.5 Å². The van der Waals surface area contributed by atoms with Crippen LogP contribution < -0.4 is 14.8 Å². The second-order valence-corrected chi connectivity index (χ2v) is 7.03. The first kappa shape index (κ1) is 14.7. The first-order valence-electron chi connectivity index (χ1n) is 8.21. The molecule has 1 unspecified atom stereocenters. The number of hydrogen-bond donors (Lipinski definition) is 1. The largest absolute Gasteiger partial charge is 0.454 e. The van der Waals surface area contributed by atoms with Crippen molar-refractivity contribution in [2.24, 2.45) is 11.3 Å². The van der Waals surface area contributed by atoms with Gasteiger partial charge in [0, 0.05) is 12.6 Å². The zero-order valence-corrected chi connectivity index (χ0v) is 13.4. The number of benzene rings is 1. The zero-order chi connectivity index (χ0) is 14.9. The van der Waals surface area contributed by atoms with Crippen molar-refractivity contribution >= 4 is 0 Å². The van der Waals surface area contributed by atoms with Gasteiger partial charge in [-0.25, -0.2) is 0 Å². The SMILES string of the molecule is CC(CCc1ccc2c(c1)OCO2)NCC1(C(C)C)CC1. The van der Waals surface area contributed by atoms with Gasteiger partial charge in [-0.3, -0.25) is 0 Å². The molecule has 116 valence electrons. The van der Waals surface area contributed by atoms with Crippen molar-refractivity contribution in [1.29, 1.82) is 0 Å². The summed E-state index contributed by atoms with van der Waals surface area (Å²) in [4.78, 5) is 0. The highest BCUT2D eigenvalue weighted by molar-refractivity contribution is 5.44. The lowest BCUT2D eigenvalue weighted by atomic mass is 9.92. The lowest BCUT2D eigenvalue weighted by molar-refractivity contribution is 0.174. The molecule has 0 saturated heterocycles. The van der Waals surface area contributed by atoms with E-state index < -0.39 is 0 Å². The molecule has 1 saturated carbocycles. The third-order valence-corrected chi connectivity index (χ3v) is 5.22. The molecule has 1 heterocycles. The Morgan fingerprint density at radius 2 is 1.90 bits per heavy atom. The van der Waals surface area contributed by atoms with E-state index in [4.69, 9.17) is 9.47 Å². The number of hydrogen-bond acceptors (Lipinski definition) is 3. The number of fused-ring (bicyclic) bond motifs is 1. The van der Waals surface area contributed by atoms with Crippen LogP contribution in [0.2, 0.25) is 0 Å². The lowest BCUT2D eigenvalue weighted by Gasteiger charge is -2.23. The molecule has 0 amide bonds. The highest BCUT2D eigenvalue weighted by Gasteiger charge is 2.44. The topological polar surface area (TPSA) is 30.5 Å². The Labute approximate surface area is 128 Å². The summed E-state index contributed by atoms with van der Waals surface area (Å²) < 4.78 is 10.8. The van der Waals surface area contributed by atoms with Crippen molar-refractivity contribution in [1.82, 2.24) is 5.32 Å². The fourth-order valence-electron chi connectivity index (χ4n) is 3.08. The number of ether oxygens (including phenoxy) is 2. The maximum Gasteiger partial charge on any atom is 0.231 e. The van der Waals surface area contributed by atoms with Crippen LogP contribution in [0.4, 0.5) is 0 Å². The minimum atomic E-state index is 0.355. The Bertz CT molecular complexity index is 494. The Hall–Kier alpha value is -1.22. The van der Waals surface area contributed by atoms with Crippen molar-refractivity contribution < 1.29 is 9.47 Å². The molecule has 0 spiro atoms. The molecule has 0 radical (unpaired) electrons. The first-order valence-corrected chi connectivity index (χ1v) is 8.21. The molecule has 1 N–H and O–H groups in total. The highest BCUT2D eigenvalue weighted by Crippen LogP contribution is 2.51. The van der Waals surface area contributed by atoms with Crippen molar-refractivity contribution in [3.63, 3.8) is 0 Å². The third kappa shape index (κ3) is 3.34. The van der Waals surface area contributed by atoms with Gasteiger partial charge in [0.2, 0.25) is 6.79 Å². The Balaban J connectivity index is 1.44. The average molecular weight is 289 g/mol. The van der Waals surface area contributed by atoms with Gasteiger partial charge in [0.15, 0.2) is 11.5 Å². The lowest BCUT2D eigenvalue weighted by Crippen LogP contribution is -2.34. The summed E-state index contributed by atoms with van der Waals surface area (Å²) in [5, 5.41) is 3.73. The van der Waals surface area contributed by atoms with Gasteiger partial charge in [-0.1, -0.05) is 19.9 Å². The maximum absolute atomic E-state index is 5.43. The molecule has 3 nitrogen and oxygen atoms in total. The molecule has 3 rings (SSSR count). The van der Waals surface area contributed by atoms with E-state index in [1.807, 2.05) is 6.07 Å². The summed E-state index contributed by atoms with van der Waals surface area (Å²) in [7, 11) is 0. The second-order valence-electron chi connectivity index (χ2n) is 7.03. The molecule has 0 bridgehead atoms. The van der Waals surface area contributed by atoms with Gasteiger partial charge in [0.25, 0.3) is 0 Å². The summed E-state index contributed by atoms with van der Waals surface area (Å²) >= 11 is 0. The van der Waals surface area contributed by atoms with E-state index in [2.05, 4.69) is 38.2 Å². The predicted molar refractivity (Wildman–Crippen MR) is 84.9 cm³/mol. The van der Waals surface area contributed by atoms with Gasteiger partial charge in [0.05, 0.1) is 0 Å². The van der Waals surface area contributed by atoms with E-state index in [1.54, 1.807) is 0 Å². The van der Waals surface area contributed by atoms with Crippen LogP contribution in [-0.4, -0.2) is 19.4 Å². The fourth-order valence-corrected chi connectivity index (χ4v) is 3.08. The molecule has 1 atom stereocenters. The standard InChI is InChI=1S/C18H27NO2/c1-13(2)18(8-9-18)11-19-14(3)4-5-15-6-7-16-17(10-15)21-12-20-16/h6-7,10,13-14,19H,4-5,8-9,11-12H2,1-3H3. The van der Waals surface area contributed by atoms with Crippen LogP contribution in [0.25, 0.3) is 0 Å². The van der Waals surface area contributed by atoms with Crippen LogP contribution in [0.3, 0.4) is 0 Å². The van der Waals surface area contributed by atoms with Gasteiger partial charge in [-0.05, 0) is 61.6 Å². The van der Waals surface area contributed by atoms with Gasteiger partial charge in [0.1, 0.15) is 0 Å². The van der Waals surface area contributed by atoms with E-state index in [9.17, 15) is 0 Å². The summed E-state index contributed by atoms with van der Waals surface area (Å²) in [5.74, 6) is 2.56. The van der Waals surface area contributed by atoms with Gasteiger partial charge >= 0.3 is 0 Å². The minimum absolute atomic E-state index is 0.355. The Kier molecular flexibility index (Phi) is 4.12. The molecule has 21 heavy (non-hydrogen) atoms. The monoisotopic (exact) mass is 289 g/mol. The average Bonchev–Trinajstić information content (AvgIpc) is 3.13. The van der Waals surface area contributed by atoms with E-state index >= 15 is 0 Å². The number of nitrogens with one attached hydrogen (secondary N) is 1. The fraction of sp³-hybridized carbons (Fsp3) is 0.667. The number of rotatable bonds is 7. The molecule has 2 aliphatic rings. The summed E-state index contributed by atoms with van der Waals surface area (Å²) in [6.07, 6.45) is 5.03. The molecule has 3 heteroatoms. The molecule has 0 aromatic heterocycles. The van der Waals surface area contributed by atoms with E-state index in [1.165, 1.54) is 24.9 Å².